The molecule has 8 heteroatoms. The summed E-state index contributed by atoms with van der Waals surface area (Å²) >= 11 is 7.54. The normalized spacial score (nSPS) is 15.0. The highest BCUT2D eigenvalue weighted by atomic mass is 35.5. The zero-order valence-corrected chi connectivity index (χ0v) is 16.4. The van der Waals surface area contributed by atoms with E-state index in [0.29, 0.717) is 44.3 Å². The number of halogens is 2. The molecule has 1 aromatic heterocycles. The van der Waals surface area contributed by atoms with Crippen LogP contribution < -0.4 is 5.32 Å². The van der Waals surface area contributed by atoms with E-state index in [1.807, 2.05) is 16.3 Å². The van der Waals surface area contributed by atoms with Crippen LogP contribution in [0.3, 0.4) is 0 Å². The van der Waals surface area contributed by atoms with E-state index in [4.69, 9.17) is 11.6 Å². The topological polar surface area (TPSA) is 52.7 Å². The van der Waals surface area contributed by atoms with E-state index in [1.165, 1.54) is 23.1 Å². The number of hydrogen-bond donors (Lipinski definition) is 1. The molecule has 1 aromatic carbocycles. The van der Waals surface area contributed by atoms with Gasteiger partial charge < -0.3 is 10.2 Å². The third-order valence-corrected chi connectivity index (χ3v) is 5.63. The molecule has 1 N–H and O–H groups in total. The maximum absolute atomic E-state index is 13.9. The highest BCUT2D eigenvalue weighted by Crippen LogP contribution is 2.17. The van der Waals surface area contributed by atoms with Crippen molar-refractivity contribution in [3.05, 3.63) is 57.0 Å². The molecule has 27 heavy (non-hydrogen) atoms. The summed E-state index contributed by atoms with van der Waals surface area (Å²) in [5.41, 5.74) is -0.0118. The first kappa shape index (κ1) is 19.8. The fourth-order valence-corrected chi connectivity index (χ4v) is 3.86. The lowest BCUT2D eigenvalue weighted by Gasteiger charge is -2.34. The van der Waals surface area contributed by atoms with Crippen molar-refractivity contribution in [1.82, 2.24) is 15.1 Å². The second kappa shape index (κ2) is 9.30. The van der Waals surface area contributed by atoms with Gasteiger partial charge in [-0.25, -0.2) is 4.39 Å². The summed E-state index contributed by atoms with van der Waals surface area (Å²) in [7, 11) is 0. The first-order valence-electron chi connectivity index (χ1n) is 8.78. The molecule has 0 saturated carbocycles. The van der Waals surface area contributed by atoms with Crippen molar-refractivity contribution in [2.24, 2.45) is 0 Å². The Morgan fingerprint density at radius 2 is 1.96 bits per heavy atom. The van der Waals surface area contributed by atoms with Crippen LogP contribution in [0.5, 0.6) is 0 Å². The Bertz CT molecular complexity index is 792. The van der Waals surface area contributed by atoms with Crippen molar-refractivity contribution < 1.29 is 14.0 Å². The molecule has 2 amide bonds. The molecular formula is C19H21ClFN3O2S. The van der Waals surface area contributed by atoms with Crippen molar-refractivity contribution in [3.8, 4) is 0 Å². The van der Waals surface area contributed by atoms with Crippen LogP contribution in [0.25, 0.3) is 0 Å². The molecule has 1 fully saturated rings. The molecule has 0 aliphatic carbocycles. The number of carbonyl (C=O) groups is 2. The van der Waals surface area contributed by atoms with Crippen molar-refractivity contribution in [1.29, 1.82) is 0 Å². The maximum atomic E-state index is 13.9. The summed E-state index contributed by atoms with van der Waals surface area (Å²) in [6.45, 7) is 2.98. The molecule has 2 heterocycles. The van der Waals surface area contributed by atoms with Gasteiger partial charge >= 0.3 is 0 Å². The molecular weight excluding hydrogens is 389 g/mol. The molecule has 1 aliphatic rings. The second-order valence-corrected chi connectivity index (χ2v) is 7.84. The van der Waals surface area contributed by atoms with E-state index in [-0.39, 0.29) is 17.4 Å². The lowest BCUT2D eigenvalue weighted by atomic mass is 10.1. The smallest absolute Gasteiger partial charge is 0.256 e. The molecule has 0 spiro atoms. The number of carbonyl (C=O) groups excluding carboxylic acids is 2. The number of hydrogen-bond acceptors (Lipinski definition) is 4. The monoisotopic (exact) mass is 409 g/mol. The Kier molecular flexibility index (Phi) is 6.82. The van der Waals surface area contributed by atoms with Crippen LogP contribution in [0.4, 0.5) is 4.39 Å². The lowest BCUT2D eigenvalue weighted by molar-refractivity contribution is -0.122. The van der Waals surface area contributed by atoms with Crippen LogP contribution in [0, 0.1) is 5.82 Å². The molecule has 1 aliphatic heterocycles. The molecule has 0 atom stereocenters. The second-order valence-electron chi connectivity index (χ2n) is 6.37. The molecule has 0 unspecified atom stereocenters. The van der Waals surface area contributed by atoms with E-state index >= 15 is 0 Å². The standard InChI is InChI=1S/C19H21ClFN3O2S/c20-14-3-4-17(21)16(12-14)19(26)24-9-7-23(8-10-24)13-18(25)22-6-5-15-2-1-11-27-15/h1-4,11-12H,5-10,13H2,(H,22,25). The van der Waals surface area contributed by atoms with Gasteiger partial charge in [0.15, 0.2) is 0 Å². The average Bonchev–Trinajstić information content (AvgIpc) is 3.17. The van der Waals surface area contributed by atoms with Gasteiger partial charge in [-0.05, 0) is 36.1 Å². The van der Waals surface area contributed by atoms with Crippen molar-refractivity contribution in [3.63, 3.8) is 0 Å². The minimum absolute atomic E-state index is 0.0118. The number of nitrogens with one attached hydrogen (secondary N) is 1. The number of nitrogens with zero attached hydrogens (tertiary/aromatic N) is 2. The van der Waals surface area contributed by atoms with Crippen LogP contribution in [-0.4, -0.2) is 60.9 Å². The van der Waals surface area contributed by atoms with Crippen molar-refractivity contribution >= 4 is 34.8 Å². The number of rotatable bonds is 6. The van der Waals surface area contributed by atoms with Gasteiger partial charge in [0.1, 0.15) is 5.82 Å². The van der Waals surface area contributed by atoms with Gasteiger partial charge in [-0.2, -0.15) is 0 Å². The van der Waals surface area contributed by atoms with Crippen LogP contribution in [-0.2, 0) is 11.2 Å². The zero-order valence-electron chi connectivity index (χ0n) is 14.8. The zero-order chi connectivity index (χ0) is 19.2. The van der Waals surface area contributed by atoms with Gasteiger partial charge in [-0.1, -0.05) is 17.7 Å². The fourth-order valence-electron chi connectivity index (χ4n) is 2.98. The Morgan fingerprint density at radius 1 is 1.19 bits per heavy atom. The predicted molar refractivity (Wildman–Crippen MR) is 105 cm³/mol. The number of piperazine rings is 1. The maximum Gasteiger partial charge on any atom is 0.256 e. The van der Waals surface area contributed by atoms with E-state index < -0.39 is 5.82 Å². The summed E-state index contributed by atoms with van der Waals surface area (Å²) in [5, 5.41) is 5.28. The van der Waals surface area contributed by atoms with Gasteiger partial charge in [0.05, 0.1) is 12.1 Å². The fraction of sp³-hybridized carbons (Fsp3) is 0.368. The van der Waals surface area contributed by atoms with Gasteiger partial charge in [0.25, 0.3) is 5.91 Å². The summed E-state index contributed by atoms with van der Waals surface area (Å²) in [5.74, 6) is -0.959. The molecule has 3 rings (SSSR count). The molecule has 0 bridgehead atoms. The summed E-state index contributed by atoms with van der Waals surface area (Å²) in [4.78, 5) is 29.4. The minimum atomic E-state index is -0.572. The van der Waals surface area contributed by atoms with Crippen LogP contribution >= 0.6 is 22.9 Å². The summed E-state index contributed by atoms with van der Waals surface area (Å²) in [6.07, 6.45) is 0.830. The highest BCUT2D eigenvalue weighted by molar-refractivity contribution is 7.09. The van der Waals surface area contributed by atoms with E-state index in [1.54, 1.807) is 16.2 Å². The predicted octanol–water partition coefficient (Wildman–Crippen LogP) is 2.66. The highest BCUT2D eigenvalue weighted by Gasteiger charge is 2.25. The number of thiophene rings is 1. The van der Waals surface area contributed by atoms with E-state index in [9.17, 15) is 14.0 Å². The molecule has 1 saturated heterocycles. The van der Waals surface area contributed by atoms with Crippen LogP contribution in [0.1, 0.15) is 15.2 Å². The van der Waals surface area contributed by atoms with Gasteiger partial charge in [0.2, 0.25) is 5.91 Å². The van der Waals surface area contributed by atoms with Gasteiger partial charge in [-0.3, -0.25) is 14.5 Å². The Morgan fingerprint density at radius 3 is 2.67 bits per heavy atom. The third-order valence-electron chi connectivity index (χ3n) is 4.46. The minimum Gasteiger partial charge on any atom is -0.355 e. The largest absolute Gasteiger partial charge is 0.355 e. The third kappa shape index (κ3) is 5.51. The van der Waals surface area contributed by atoms with Crippen LogP contribution in [0.15, 0.2) is 35.7 Å². The van der Waals surface area contributed by atoms with Gasteiger partial charge in [0, 0.05) is 42.6 Å². The summed E-state index contributed by atoms with van der Waals surface area (Å²) < 4.78 is 13.9. The quantitative estimate of drug-likeness (QED) is 0.798. The van der Waals surface area contributed by atoms with E-state index in [0.717, 1.165) is 6.42 Å². The number of amides is 2. The SMILES string of the molecule is O=C(CN1CCN(C(=O)c2cc(Cl)ccc2F)CC1)NCCc1cccs1. The average molecular weight is 410 g/mol. The first-order chi connectivity index (χ1) is 13.0. The number of benzene rings is 1. The Balaban J connectivity index is 1.42. The molecule has 5 nitrogen and oxygen atoms in total. The van der Waals surface area contributed by atoms with Crippen molar-refractivity contribution in [2.75, 3.05) is 39.3 Å². The van der Waals surface area contributed by atoms with E-state index in [2.05, 4.69) is 11.4 Å². The Hall–Kier alpha value is -1.96. The molecule has 144 valence electrons. The lowest BCUT2D eigenvalue weighted by Crippen LogP contribution is -2.51. The Labute approximate surface area is 166 Å². The van der Waals surface area contributed by atoms with Crippen LogP contribution in [0.2, 0.25) is 5.02 Å². The molecule has 0 radical (unpaired) electrons. The van der Waals surface area contributed by atoms with Gasteiger partial charge in [-0.15, -0.1) is 11.3 Å². The molecule has 2 aromatic rings. The van der Waals surface area contributed by atoms with Crippen molar-refractivity contribution in [2.45, 2.75) is 6.42 Å². The summed E-state index contributed by atoms with van der Waals surface area (Å²) in [6, 6.07) is 8.02. The first-order valence-corrected chi connectivity index (χ1v) is 10.0.